The molecule has 0 fully saturated rings. The van der Waals surface area contributed by atoms with Gasteiger partial charge < -0.3 is 10.1 Å². The Labute approximate surface area is 177 Å². The third-order valence-electron chi connectivity index (χ3n) is 4.51. The number of methoxy groups -OCH3 is 1. The Morgan fingerprint density at radius 2 is 1.79 bits per heavy atom. The third-order valence-corrected chi connectivity index (χ3v) is 7.22. The van der Waals surface area contributed by atoms with Crippen LogP contribution in [0.25, 0.3) is 4.91 Å². The summed E-state index contributed by atoms with van der Waals surface area (Å²) in [5.74, 6) is -0.703. The minimum absolute atomic E-state index is 0.0776. The summed E-state index contributed by atoms with van der Waals surface area (Å²) >= 11 is 3.39. The molecule has 2 aromatic rings. The van der Waals surface area contributed by atoms with E-state index in [9.17, 15) is 18.0 Å². The topological polar surface area (TPSA) is 92.8 Å². The second-order valence-electron chi connectivity index (χ2n) is 6.37. The molecule has 0 atom stereocenters. The smallest absolute Gasteiger partial charge is 0.268 e. The maximum absolute atomic E-state index is 13.0. The molecule has 0 radical (unpaired) electrons. The van der Waals surface area contributed by atoms with E-state index < -0.39 is 28.4 Å². The first-order chi connectivity index (χ1) is 13.8. The van der Waals surface area contributed by atoms with Crippen molar-refractivity contribution >= 4 is 42.7 Å². The van der Waals surface area contributed by atoms with Gasteiger partial charge in [0.1, 0.15) is 17.2 Å². The van der Waals surface area contributed by atoms with Crippen LogP contribution in [0.1, 0.15) is 18.1 Å². The fourth-order valence-corrected chi connectivity index (χ4v) is 5.18. The number of sulfonamides is 1. The van der Waals surface area contributed by atoms with Gasteiger partial charge in [0.05, 0.1) is 7.11 Å². The van der Waals surface area contributed by atoms with Crippen molar-refractivity contribution in [3.8, 4) is 5.75 Å². The molecule has 0 aromatic heterocycles. The molecule has 1 aliphatic heterocycles. The molecule has 0 bridgehead atoms. The number of ether oxygens (including phenoxy) is 1. The number of rotatable bonds is 6. The summed E-state index contributed by atoms with van der Waals surface area (Å²) in [6.07, 6.45) is 0. The summed E-state index contributed by atoms with van der Waals surface area (Å²) in [5.41, 5.74) is 1.28. The Morgan fingerprint density at radius 1 is 1.14 bits per heavy atom. The molecule has 0 saturated heterocycles. The van der Waals surface area contributed by atoms with Gasteiger partial charge in [-0.1, -0.05) is 34.1 Å². The fraction of sp³-hybridized carbons (Fsp3) is 0.200. The monoisotopic (exact) mass is 478 g/mol. The average molecular weight is 479 g/mol. The van der Waals surface area contributed by atoms with Crippen LogP contribution in [0.3, 0.4) is 0 Å². The van der Waals surface area contributed by atoms with E-state index in [1.165, 1.54) is 14.0 Å². The Kier molecular flexibility index (Phi) is 6.09. The molecule has 2 amide bonds. The predicted octanol–water partition coefficient (Wildman–Crippen LogP) is 2.68. The van der Waals surface area contributed by atoms with Crippen LogP contribution in [0.4, 0.5) is 0 Å². The molecule has 0 unspecified atom stereocenters. The normalized spacial score (nSPS) is 15.6. The number of hydrogen-bond donors (Lipinski definition) is 1. The Morgan fingerprint density at radius 3 is 2.41 bits per heavy atom. The molecule has 0 aliphatic carbocycles. The van der Waals surface area contributed by atoms with Crippen LogP contribution in [0.5, 0.6) is 5.75 Å². The highest BCUT2D eigenvalue weighted by molar-refractivity contribution is 9.10. The lowest BCUT2D eigenvalue weighted by molar-refractivity contribution is -0.128. The molecule has 9 heteroatoms. The van der Waals surface area contributed by atoms with Crippen molar-refractivity contribution < 1.29 is 22.7 Å². The first-order valence-electron chi connectivity index (χ1n) is 8.68. The van der Waals surface area contributed by atoms with Crippen LogP contribution in [0.15, 0.2) is 58.6 Å². The minimum atomic E-state index is -4.13. The number of hydrogen-bond acceptors (Lipinski definition) is 5. The van der Waals surface area contributed by atoms with Crippen LogP contribution in [-0.2, 0) is 26.2 Å². The van der Waals surface area contributed by atoms with Crippen molar-refractivity contribution in [2.24, 2.45) is 0 Å². The number of halogens is 1. The molecule has 1 N–H and O–H groups in total. The van der Waals surface area contributed by atoms with Crippen molar-refractivity contribution in [2.75, 3.05) is 13.7 Å². The summed E-state index contributed by atoms with van der Waals surface area (Å²) in [5, 5.41) is 2.65. The molecular weight excluding hydrogens is 460 g/mol. The molecule has 7 nitrogen and oxygen atoms in total. The highest BCUT2D eigenvalue weighted by atomic mass is 79.9. The van der Waals surface area contributed by atoms with E-state index in [-0.39, 0.29) is 17.0 Å². The molecule has 152 valence electrons. The van der Waals surface area contributed by atoms with Crippen LogP contribution in [0.2, 0.25) is 0 Å². The van der Waals surface area contributed by atoms with Crippen molar-refractivity contribution in [1.82, 2.24) is 9.62 Å². The lowest BCUT2D eigenvalue weighted by atomic mass is 10.1. The zero-order valence-corrected chi connectivity index (χ0v) is 18.2. The van der Waals surface area contributed by atoms with Gasteiger partial charge in [-0.25, -0.2) is 12.7 Å². The van der Waals surface area contributed by atoms with Crippen molar-refractivity contribution in [3.05, 3.63) is 69.7 Å². The molecular formula is C20H19BrN2O5S. The van der Waals surface area contributed by atoms with Gasteiger partial charge in [0.25, 0.3) is 15.9 Å². The summed E-state index contributed by atoms with van der Waals surface area (Å²) in [6, 6.07) is 13.7. The van der Waals surface area contributed by atoms with E-state index >= 15 is 0 Å². The number of benzene rings is 2. The van der Waals surface area contributed by atoms with Gasteiger partial charge in [0.2, 0.25) is 5.91 Å². The van der Waals surface area contributed by atoms with Crippen molar-refractivity contribution in [1.29, 1.82) is 0 Å². The maximum Gasteiger partial charge on any atom is 0.268 e. The van der Waals surface area contributed by atoms with Crippen LogP contribution >= 0.6 is 15.9 Å². The largest absolute Gasteiger partial charge is 0.497 e. The number of amides is 2. The van der Waals surface area contributed by atoms with Gasteiger partial charge in [-0.05, 0) is 48.4 Å². The molecule has 1 heterocycles. The maximum atomic E-state index is 13.0. The van der Waals surface area contributed by atoms with E-state index in [0.717, 1.165) is 10.0 Å². The fourth-order valence-electron chi connectivity index (χ4n) is 2.98. The van der Waals surface area contributed by atoms with E-state index in [1.54, 1.807) is 24.3 Å². The van der Waals surface area contributed by atoms with E-state index in [1.807, 2.05) is 24.3 Å². The van der Waals surface area contributed by atoms with Gasteiger partial charge in [0, 0.05) is 16.6 Å². The van der Waals surface area contributed by atoms with Gasteiger partial charge in [0.15, 0.2) is 0 Å². The highest BCUT2D eigenvalue weighted by Crippen LogP contribution is 2.35. The summed E-state index contributed by atoms with van der Waals surface area (Å²) < 4.78 is 32.4. The predicted molar refractivity (Wildman–Crippen MR) is 112 cm³/mol. The van der Waals surface area contributed by atoms with Crippen LogP contribution in [-0.4, -0.2) is 38.2 Å². The summed E-state index contributed by atoms with van der Waals surface area (Å²) in [7, 11) is -2.63. The van der Waals surface area contributed by atoms with Crippen molar-refractivity contribution in [2.45, 2.75) is 13.5 Å². The highest BCUT2D eigenvalue weighted by Gasteiger charge is 2.43. The standard InChI is InChI=1S/C20H19BrN2O5S/c1-13-19(14-7-9-16(28-2)10-8-14)29(26,27)23(20(13)25)12-18(24)22-11-15-5-3-4-6-17(15)21/h3-10H,11-12H2,1-2H3,(H,22,24). The number of carbonyl (C=O) groups excluding carboxylic acids is 2. The molecule has 1 aliphatic rings. The average Bonchev–Trinajstić information content (AvgIpc) is 2.87. The number of nitrogens with zero attached hydrogens (tertiary/aromatic N) is 1. The Balaban J connectivity index is 1.76. The Hall–Kier alpha value is -2.65. The summed E-state index contributed by atoms with van der Waals surface area (Å²) in [4.78, 5) is 24.8. The van der Waals surface area contributed by atoms with Crippen molar-refractivity contribution in [3.63, 3.8) is 0 Å². The minimum Gasteiger partial charge on any atom is -0.497 e. The van der Waals surface area contributed by atoms with Gasteiger partial charge in [-0.15, -0.1) is 0 Å². The van der Waals surface area contributed by atoms with Gasteiger partial charge >= 0.3 is 0 Å². The first-order valence-corrected chi connectivity index (χ1v) is 10.9. The van der Waals surface area contributed by atoms with Crippen LogP contribution < -0.4 is 10.1 Å². The van der Waals surface area contributed by atoms with E-state index in [2.05, 4.69) is 21.2 Å². The molecule has 0 saturated carbocycles. The molecule has 0 spiro atoms. The second kappa shape index (κ2) is 8.38. The lowest BCUT2D eigenvalue weighted by Gasteiger charge is -2.16. The Bertz CT molecular complexity index is 1090. The molecule has 2 aromatic carbocycles. The van der Waals surface area contributed by atoms with Gasteiger partial charge in [-0.2, -0.15) is 0 Å². The zero-order chi connectivity index (χ0) is 21.2. The first kappa shape index (κ1) is 21.1. The third kappa shape index (κ3) is 4.20. The number of nitrogens with one attached hydrogen (secondary N) is 1. The molecule has 29 heavy (non-hydrogen) atoms. The SMILES string of the molecule is COc1ccc(C2=C(C)C(=O)N(CC(=O)NCc3ccccc3Br)S2(=O)=O)cc1. The lowest BCUT2D eigenvalue weighted by Crippen LogP contribution is -2.40. The van der Waals surface area contributed by atoms with E-state index in [0.29, 0.717) is 15.6 Å². The zero-order valence-electron chi connectivity index (χ0n) is 15.8. The van der Waals surface area contributed by atoms with E-state index in [4.69, 9.17) is 4.74 Å². The quantitative estimate of drug-likeness (QED) is 0.688. The second-order valence-corrected chi connectivity index (χ2v) is 9.02. The summed E-state index contributed by atoms with van der Waals surface area (Å²) in [6.45, 7) is 1.07. The van der Waals surface area contributed by atoms with Crippen LogP contribution in [0, 0.1) is 0 Å². The molecule has 3 rings (SSSR count). The van der Waals surface area contributed by atoms with Gasteiger partial charge in [-0.3, -0.25) is 9.59 Å². The number of carbonyl (C=O) groups is 2.